The van der Waals surface area contributed by atoms with Crippen LogP contribution in [-0.4, -0.2) is 19.9 Å². The van der Waals surface area contributed by atoms with Gasteiger partial charge in [-0.15, -0.1) is 0 Å². The third-order valence-electron chi connectivity index (χ3n) is 4.32. The van der Waals surface area contributed by atoms with Crippen LogP contribution in [0.2, 0.25) is 15.5 Å². The van der Waals surface area contributed by atoms with Crippen molar-refractivity contribution in [1.29, 1.82) is 0 Å². The van der Waals surface area contributed by atoms with E-state index in [0.717, 1.165) is 0 Å². The highest BCUT2D eigenvalue weighted by molar-refractivity contribution is 6.34. The fourth-order valence-electron chi connectivity index (χ4n) is 2.48. The first kappa shape index (κ1) is 23.8. The number of hydrogen-bond donors (Lipinski definition) is 1. The van der Waals surface area contributed by atoms with Gasteiger partial charge in [-0.05, 0) is 38.1 Å². The summed E-state index contributed by atoms with van der Waals surface area (Å²) in [5, 5.41) is 0.838. The fraction of sp³-hybridized carbons (Fsp3) is 0.0909. The van der Waals surface area contributed by atoms with Crippen LogP contribution in [0.15, 0.2) is 48.5 Å². The molecule has 4 aromatic rings. The van der Waals surface area contributed by atoms with Crippen molar-refractivity contribution in [1.82, 2.24) is 19.9 Å². The molecule has 0 saturated carbocycles. The van der Waals surface area contributed by atoms with Gasteiger partial charge in [0.1, 0.15) is 32.9 Å². The minimum Gasteiger partial charge on any atom is -0.383 e. The van der Waals surface area contributed by atoms with Gasteiger partial charge in [0, 0.05) is 22.3 Å². The first-order valence-electron chi connectivity index (χ1n) is 9.17. The van der Waals surface area contributed by atoms with Crippen molar-refractivity contribution >= 4 is 40.6 Å². The van der Waals surface area contributed by atoms with Gasteiger partial charge in [-0.2, -0.15) is 0 Å². The van der Waals surface area contributed by atoms with Crippen molar-refractivity contribution in [2.45, 2.75) is 13.8 Å². The molecule has 4 rings (SSSR count). The second-order valence-corrected chi connectivity index (χ2v) is 7.70. The summed E-state index contributed by atoms with van der Waals surface area (Å²) in [4.78, 5) is 16.2. The summed E-state index contributed by atoms with van der Waals surface area (Å²) < 4.78 is 26.0. The molecule has 0 aliphatic carbocycles. The zero-order chi connectivity index (χ0) is 23.4. The lowest BCUT2D eigenvalue weighted by Crippen LogP contribution is -2.00. The van der Waals surface area contributed by atoms with E-state index in [1.807, 2.05) is 0 Å². The van der Waals surface area contributed by atoms with E-state index in [4.69, 9.17) is 40.5 Å². The monoisotopic (exact) mass is 493 g/mol. The van der Waals surface area contributed by atoms with Crippen LogP contribution in [0.1, 0.15) is 11.1 Å². The molecule has 0 bridgehead atoms. The molecular formula is C22H16Cl3F2N5. The normalized spacial score (nSPS) is 10.5. The summed E-state index contributed by atoms with van der Waals surface area (Å²) in [7, 11) is 0. The Labute approximate surface area is 198 Å². The molecule has 0 radical (unpaired) electrons. The molecule has 0 unspecified atom stereocenters. The average Bonchev–Trinajstić information content (AvgIpc) is 2.75. The molecule has 2 heterocycles. The smallest absolute Gasteiger partial charge is 0.163 e. The molecule has 5 nitrogen and oxygen atoms in total. The van der Waals surface area contributed by atoms with Crippen LogP contribution in [0.4, 0.5) is 14.6 Å². The molecule has 0 spiro atoms. The van der Waals surface area contributed by atoms with Crippen molar-refractivity contribution in [3.05, 3.63) is 86.8 Å². The first-order valence-corrected chi connectivity index (χ1v) is 10.3. The van der Waals surface area contributed by atoms with Crippen LogP contribution in [0.3, 0.4) is 0 Å². The van der Waals surface area contributed by atoms with Gasteiger partial charge in [-0.1, -0.05) is 59.1 Å². The van der Waals surface area contributed by atoms with Crippen molar-refractivity contribution in [2.75, 3.05) is 5.73 Å². The Kier molecular flexibility index (Phi) is 7.56. The third-order valence-corrected chi connectivity index (χ3v) is 5.42. The van der Waals surface area contributed by atoms with Crippen molar-refractivity contribution in [3.8, 4) is 22.8 Å². The highest BCUT2D eigenvalue weighted by Crippen LogP contribution is 2.25. The molecule has 10 heteroatoms. The predicted octanol–water partition coefficient (Wildman–Crippen LogP) is 6.72. The van der Waals surface area contributed by atoms with Crippen molar-refractivity contribution < 1.29 is 8.78 Å². The minimum absolute atomic E-state index is 0.277. The number of benzene rings is 2. The number of nitrogens with two attached hydrogens (primary N) is 1. The van der Waals surface area contributed by atoms with E-state index in [1.165, 1.54) is 24.3 Å². The van der Waals surface area contributed by atoms with Crippen LogP contribution >= 0.6 is 34.8 Å². The molecule has 0 amide bonds. The molecule has 0 saturated heterocycles. The van der Waals surface area contributed by atoms with Gasteiger partial charge >= 0.3 is 0 Å². The topological polar surface area (TPSA) is 77.6 Å². The van der Waals surface area contributed by atoms with Crippen LogP contribution in [-0.2, 0) is 0 Å². The molecule has 2 aromatic heterocycles. The number of hydrogen-bond acceptors (Lipinski definition) is 5. The van der Waals surface area contributed by atoms with Crippen LogP contribution < -0.4 is 5.73 Å². The second-order valence-electron chi connectivity index (χ2n) is 6.62. The number of halogens is 5. The van der Waals surface area contributed by atoms with Crippen molar-refractivity contribution in [2.24, 2.45) is 0 Å². The zero-order valence-electron chi connectivity index (χ0n) is 16.9. The lowest BCUT2D eigenvalue weighted by atomic mass is 10.2. The van der Waals surface area contributed by atoms with Gasteiger partial charge < -0.3 is 5.73 Å². The summed E-state index contributed by atoms with van der Waals surface area (Å²) in [6, 6.07) is 11.9. The van der Waals surface area contributed by atoms with E-state index >= 15 is 0 Å². The average molecular weight is 495 g/mol. The maximum absolute atomic E-state index is 13.0. The lowest BCUT2D eigenvalue weighted by molar-refractivity contribution is 0.627. The Morgan fingerprint density at radius 1 is 0.656 bits per heavy atom. The molecule has 2 aromatic carbocycles. The maximum Gasteiger partial charge on any atom is 0.163 e. The molecular weight excluding hydrogens is 479 g/mol. The van der Waals surface area contributed by atoms with E-state index in [0.29, 0.717) is 39.7 Å². The van der Waals surface area contributed by atoms with Gasteiger partial charge in [-0.25, -0.2) is 28.7 Å². The van der Waals surface area contributed by atoms with E-state index in [2.05, 4.69) is 19.9 Å². The Hall–Kier alpha value is -2.87. The highest BCUT2D eigenvalue weighted by Gasteiger charge is 2.10. The van der Waals surface area contributed by atoms with E-state index in [9.17, 15) is 8.78 Å². The number of nitrogens with zero attached hydrogens (tertiary/aromatic N) is 4. The van der Waals surface area contributed by atoms with Crippen molar-refractivity contribution in [3.63, 3.8) is 0 Å². The Bertz CT molecular complexity index is 1140. The minimum atomic E-state index is -0.353. The Balaban J connectivity index is 0.000000181. The standard InChI is InChI=1S/C11H7Cl2FN2.C11H9ClFN3/c1-6-9(12)15-11(16-10(6)13)7-3-2-4-8(14)5-7;1-6-9(12)15-11(16-10(6)14)7-3-2-4-8(13)5-7/h2-5H,1H3;2-5H,1H3,(H2,14,15,16). The molecule has 0 fully saturated rings. The molecule has 0 aliphatic rings. The van der Waals surface area contributed by atoms with Gasteiger partial charge in [0.25, 0.3) is 0 Å². The molecule has 0 atom stereocenters. The number of rotatable bonds is 2. The summed E-state index contributed by atoms with van der Waals surface area (Å²) >= 11 is 17.6. The molecule has 164 valence electrons. The van der Waals surface area contributed by atoms with Crippen LogP contribution in [0.25, 0.3) is 22.8 Å². The maximum atomic E-state index is 13.0. The van der Waals surface area contributed by atoms with Crippen LogP contribution in [0.5, 0.6) is 0 Å². The van der Waals surface area contributed by atoms with E-state index in [-0.39, 0.29) is 27.1 Å². The largest absolute Gasteiger partial charge is 0.383 e. The quantitative estimate of drug-likeness (QED) is 0.313. The van der Waals surface area contributed by atoms with Gasteiger partial charge in [0.15, 0.2) is 11.6 Å². The SMILES string of the molecule is Cc1c(Cl)nc(-c2cccc(F)c2)nc1Cl.Cc1c(N)nc(-c2cccc(F)c2)nc1Cl. The summed E-state index contributed by atoms with van der Waals surface area (Å²) in [6.45, 7) is 3.45. The van der Waals surface area contributed by atoms with Gasteiger partial charge in [0.2, 0.25) is 0 Å². The number of nitrogen functional groups attached to an aromatic ring is 1. The second kappa shape index (κ2) is 10.2. The summed E-state index contributed by atoms with van der Waals surface area (Å²) in [5.74, 6) is 0.247. The highest BCUT2D eigenvalue weighted by atomic mass is 35.5. The van der Waals surface area contributed by atoms with Gasteiger partial charge in [0.05, 0.1) is 0 Å². The summed E-state index contributed by atoms with van der Waals surface area (Å²) in [6.07, 6.45) is 0. The van der Waals surface area contributed by atoms with Crippen LogP contribution in [0, 0.1) is 25.5 Å². The van der Waals surface area contributed by atoms with Gasteiger partial charge in [-0.3, -0.25) is 0 Å². The first-order chi connectivity index (χ1) is 15.2. The summed E-state index contributed by atoms with van der Waals surface area (Å²) in [5.41, 5.74) is 8.00. The third kappa shape index (κ3) is 5.68. The fourth-order valence-corrected chi connectivity index (χ4v) is 3.05. The Morgan fingerprint density at radius 2 is 1.06 bits per heavy atom. The van der Waals surface area contributed by atoms with E-state index < -0.39 is 0 Å². The predicted molar refractivity (Wildman–Crippen MR) is 124 cm³/mol. The molecule has 0 aliphatic heterocycles. The van der Waals surface area contributed by atoms with E-state index in [1.54, 1.807) is 38.1 Å². The number of aromatic nitrogens is 4. The Morgan fingerprint density at radius 3 is 1.47 bits per heavy atom. The molecule has 2 N–H and O–H groups in total. The molecule has 32 heavy (non-hydrogen) atoms. The number of anilines is 1. The lowest BCUT2D eigenvalue weighted by Gasteiger charge is -2.05. The zero-order valence-corrected chi connectivity index (χ0v) is 19.1.